The summed E-state index contributed by atoms with van der Waals surface area (Å²) in [6.45, 7) is 10.5. The molecule has 1 N–H and O–H groups in total. The molecule has 98 valence electrons. The van der Waals surface area contributed by atoms with Crippen molar-refractivity contribution in [3.05, 3.63) is 38.3 Å². The zero-order valence-electron chi connectivity index (χ0n) is 11.1. The molecular weight excluding hydrogens is 230 g/mol. The Hall–Kier alpha value is -1.58. The van der Waals surface area contributed by atoms with Crippen LogP contribution >= 0.6 is 0 Å². The van der Waals surface area contributed by atoms with Crippen LogP contribution in [0.4, 0.5) is 5.69 Å². The molecule has 0 amide bonds. The second-order valence-electron chi connectivity index (χ2n) is 5.28. The van der Waals surface area contributed by atoms with E-state index >= 15 is 0 Å². The van der Waals surface area contributed by atoms with Gasteiger partial charge in [0.15, 0.2) is 0 Å². The highest BCUT2D eigenvalue weighted by atomic mass is 16.5. The van der Waals surface area contributed by atoms with E-state index in [0.717, 1.165) is 6.42 Å². The largest absolute Gasteiger partial charge is 0.496 e. The van der Waals surface area contributed by atoms with E-state index in [9.17, 15) is 9.59 Å². The summed E-state index contributed by atoms with van der Waals surface area (Å²) in [6.07, 6.45) is 0.785. The van der Waals surface area contributed by atoms with Gasteiger partial charge in [0.2, 0.25) is 10.9 Å². The van der Waals surface area contributed by atoms with E-state index in [2.05, 4.69) is 11.9 Å². The summed E-state index contributed by atoms with van der Waals surface area (Å²) in [5.74, 6) is 1.07. The average molecular weight is 249 g/mol. The SMILES string of the molecule is C=C1OCCC1Nc1c(C(C)C(C)C)c(=O)c1=O. The predicted molar refractivity (Wildman–Crippen MR) is 71.7 cm³/mol. The number of anilines is 1. The summed E-state index contributed by atoms with van der Waals surface area (Å²) in [7, 11) is 0. The van der Waals surface area contributed by atoms with Crippen molar-refractivity contribution in [2.45, 2.75) is 39.2 Å². The second-order valence-corrected chi connectivity index (χ2v) is 5.28. The molecular formula is C14H19NO3. The third-order valence-corrected chi connectivity index (χ3v) is 3.80. The maximum absolute atomic E-state index is 11.7. The van der Waals surface area contributed by atoms with Crippen LogP contribution < -0.4 is 16.2 Å². The molecule has 2 rings (SSSR count). The molecule has 1 heterocycles. The molecule has 2 atom stereocenters. The summed E-state index contributed by atoms with van der Waals surface area (Å²) in [4.78, 5) is 23.3. The van der Waals surface area contributed by atoms with Gasteiger partial charge in [-0.25, -0.2) is 0 Å². The van der Waals surface area contributed by atoms with E-state index in [1.165, 1.54) is 0 Å². The molecule has 0 saturated carbocycles. The van der Waals surface area contributed by atoms with E-state index in [1.54, 1.807) is 0 Å². The van der Waals surface area contributed by atoms with Gasteiger partial charge in [0.05, 0.1) is 18.3 Å². The molecule has 0 aromatic heterocycles. The van der Waals surface area contributed by atoms with Crippen molar-refractivity contribution in [3.63, 3.8) is 0 Å². The molecule has 1 aromatic rings. The lowest BCUT2D eigenvalue weighted by atomic mass is 9.86. The van der Waals surface area contributed by atoms with Crippen molar-refractivity contribution >= 4 is 5.69 Å². The van der Waals surface area contributed by atoms with Crippen LogP contribution in [0.3, 0.4) is 0 Å². The van der Waals surface area contributed by atoms with Crippen LogP contribution in [0, 0.1) is 5.92 Å². The molecule has 1 saturated heterocycles. The Labute approximate surface area is 106 Å². The molecule has 0 bridgehead atoms. The average Bonchev–Trinajstić information content (AvgIpc) is 2.73. The highest BCUT2D eigenvalue weighted by molar-refractivity contribution is 5.59. The molecule has 2 unspecified atom stereocenters. The quantitative estimate of drug-likeness (QED) is 0.826. The minimum Gasteiger partial charge on any atom is -0.496 e. The van der Waals surface area contributed by atoms with Gasteiger partial charge in [-0.1, -0.05) is 27.4 Å². The molecule has 0 spiro atoms. The second kappa shape index (κ2) is 4.59. The van der Waals surface area contributed by atoms with Crippen LogP contribution in [0.15, 0.2) is 21.9 Å². The fraction of sp³-hybridized carbons (Fsp3) is 0.571. The monoisotopic (exact) mass is 249 g/mol. The summed E-state index contributed by atoms with van der Waals surface area (Å²) < 4.78 is 5.26. The Kier molecular flexibility index (Phi) is 3.28. The molecule has 1 aromatic carbocycles. The first-order valence-electron chi connectivity index (χ1n) is 6.34. The van der Waals surface area contributed by atoms with Crippen LogP contribution in [-0.2, 0) is 4.74 Å². The highest BCUT2D eigenvalue weighted by Crippen LogP contribution is 2.28. The van der Waals surface area contributed by atoms with Crippen molar-refractivity contribution < 1.29 is 4.74 Å². The van der Waals surface area contributed by atoms with Crippen molar-refractivity contribution in [2.75, 3.05) is 11.9 Å². The van der Waals surface area contributed by atoms with Crippen LogP contribution in [0.2, 0.25) is 0 Å². The Balaban J connectivity index is 2.24. The Morgan fingerprint density at radius 1 is 1.28 bits per heavy atom. The number of hydrogen-bond donors (Lipinski definition) is 1. The van der Waals surface area contributed by atoms with Crippen molar-refractivity contribution in [3.8, 4) is 0 Å². The van der Waals surface area contributed by atoms with Gasteiger partial charge in [-0.05, 0) is 11.8 Å². The van der Waals surface area contributed by atoms with Crippen LogP contribution in [-0.4, -0.2) is 12.6 Å². The van der Waals surface area contributed by atoms with E-state index in [0.29, 0.717) is 29.5 Å². The molecule has 1 aliphatic rings. The van der Waals surface area contributed by atoms with Crippen molar-refractivity contribution in [1.82, 2.24) is 0 Å². The zero-order chi connectivity index (χ0) is 13.4. The third kappa shape index (κ3) is 1.96. The van der Waals surface area contributed by atoms with E-state index in [4.69, 9.17) is 4.74 Å². The Bertz CT molecular complexity index is 537. The minimum atomic E-state index is -0.405. The predicted octanol–water partition coefficient (Wildman–Crippen LogP) is 1.76. The van der Waals surface area contributed by atoms with Crippen LogP contribution in [0.25, 0.3) is 0 Å². The molecule has 1 fully saturated rings. The molecule has 4 heteroatoms. The fourth-order valence-corrected chi connectivity index (χ4v) is 2.22. The van der Waals surface area contributed by atoms with Crippen molar-refractivity contribution in [1.29, 1.82) is 0 Å². The molecule has 0 aliphatic carbocycles. The fourth-order valence-electron chi connectivity index (χ4n) is 2.22. The normalized spacial score (nSPS) is 21.3. The van der Waals surface area contributed by atoms with Gasteiger partial charge in [-0.3, -0.25) is 9.59 Å². The summed E-state index contributed by atoms with van der Waals surface area (Å²) in [6, 6.07) is -0.0496. The minimum absolute atomic E-state index is 0.0496. The smallest absolute Gasteiger partial charge is 0.249 e. The van der Waals surface area contributed by atoms with Gasteiger partial charge in [0.25, 0.3) is 0 Å². The zero-order valence-corrected chi connectivity index (χ0v) is 11.1. The van der Waals surface area contributed by atoms with E-state index in [-0.39, 0.29) is 17.4 Å². The summed E-state index contributed by atoms with van der Waals surface area (Å²) in [5.41, 5.74) is 0.355. The van der Waals surface area contributed by atoms with Gasteiger partial charge >= 0.3 is 0 Å². The number of nitrogens with one attached hydrogen (secondary N) is 1. The Morgan fingerprint density at radius 3 is 2.44 bits per heavy atom. The summed E-state index contributed by atoms with van der Waals surface area (Å²) >= 11 is 0. The lowest BCUT2D eigenvalue weighted by Crippen LogP contribution is -2.42. The van der Waals surface area contributed by atoms with Gasteiger partial charge in [-0.2, -0.15) is 0 Å². The maximum Gasteiger partial charge on any atom is 0.249 e. The lowest BCUT2D eigenvalue weighted by Gasteiger charge is -2.23. The molecule has 1 aliphatic heterocycles. The number of ether oxygens (including phenoxy) is 1. The van der Waals surface area contributed by atoms with E-state index in [1.807, 2.05) is 20.8 Å². The van der Waals surface area contributed by atoms with Crippen LogP contribution in [0.5, 0.6) is 0 Å². The topological polar surface area (TPSA) is 55.4 Å². The van der Waals surface area contributed by atoms with Gasteiger partial charge < -0.3 is 10.1 Å². The molecule has 4 nitrogen and oxygen atoms in total. The standard InChI is InChI=1S/C14H19NO3/c1-7(2)8(3)11-12(14(17)13(11)16)15-10-5-6-18-9(10)4/h7-8,10,15H,4-6H2,1-3H3. The van der Waals surface area contributed by atoms with Crippen LogP contribution in [0.1, 0.15) is 38.7 Å². The number of hydrogen-bond acceptors (Lipinski definition) is 4. The first-order valence-corrected chi connectivity index (χ1v) is 6.34. The third-order valence-electron chi connectivity index (χ3n) is 3.80. The first-order chi connectivity index (χ1) is 8.43. The highest BCUT2D eigenvalue weighted by Gasteiger charge is 2.30. The lowest BCUT2D eigenvalue weighted by molar-refractivity contribution is 0.264. The number of rotatable bonds is 4. The Morgan fingerprint density at radius 2 is 1.94 bits per heavy atom. The van der Waals surface area contributed by atoms with E-state index < -0.39 is 5.43 Å². The van der Waals surface area contributed by atoms with Gasteiger partial charge in [0, 0.05) is 12.0 Å². The van der Waals surface area contributed by atoms with Crippen molar-refractivity contribution in [2.24, 2.45) is 5.92 Å². The first kappa shape index (κ1) is 12.9. The van der Waals surface area contributed by atoms with Gasteiger partial charge in [-0.15, -0.1) is 0 Å². The van der Waals surface area contributed by atoms with Gasteiger partial charge in [0.1, 0.15) is 5.76 Å². The molecule has 0 radical (unpaired) electrons. The molecule has 18 heavy (non-hydrogen) atoms. The maximum atomic E-state index is 11.7. The summed E-state index contributed by atoms with van der Waals surface area (Å²) in [5, 5.41) is 3.12.